The van der Waals surface area contributed by atoms with Gasteiger partial charge >= 0.3 is 0 Å². The standard InChI is InChI=1S/C5H11Cl2P/c1-5(2,3)8(7)4-6/h4H2,1-3H3. The van der Waals surface area contributed by atoms with Gasteiger partial charge < -0.3 is 0 Å². The lowest BCUT2D eigenvalue weighted by Gasteiger charge is -2.22. The summed E-state index contributed by atoms with van der Waals surface area (Å²) in [5.41, 5.74) is 0.598. The number of rotatable bonds is 1. The normalized spacial score (nSPS) is 16.1. The topological polar surface area (TPSA) is 0 Å². The molecule has 0 rings (SSSR count). The molecule has 0 aliphatic carbocycles. The van der Waals surface area contributed by atoms with Gasteiger partial charge in [-0.15, -0.1) is 11.6 Å². The van der Waals surface area contributed by atoms with E-state index >= 15 is 0 Å². The van der Waals surface area contributed by atoms with Crippen molar-refractivity contribution in [2.75, 3.05) is 5.62 Å². The molecule has 50 valence electrons. The second-order valence-corrected chi connectivity index (χ2v) is 6.90. The summed E-state index contributed by atoms with van der Waals surface area (Å²) in [5, 5.41) is 0.207. The van der Waals surface area contributed by atoms with Crippen LogP contribution in [0.2, 0.25) is 0 Å². The Balaban J connectivity index is 3.62. The van der Waals surface area contributed by atoms with Gasteiger partial charge in [0.1, 0.15) is 0 Å². The van der Waals surface area contributed by atoms with Crippen LogP contribution in [0.15, 0.2) is 0 Å². The molecule has 0 saturated carbocycles. The Bertz CT molecular complexity index is 67.3. The first kappa shape index (κ1) is 9.01. The lowest BCUT2D eigenvalue weighted by molar-refractivity contribution is 0.793. The lowest BCUT2D eigenvalue weighted by atomic mass is 10.3. The zero-order chi connectivity index (χ0) is 6.78. The second kappa shape index (κ2) is 3.25. The van der Waals surface area contributed by atoms with Crippen LogP contribution in [-0.4, -0.2) is 10.8 Å². The van der Waals surface area contributed by atoms with E-state index in [0.29, 0.717) is 5.62 Å². The Morgan fingerprint density at radius 3 is 1.75 bits per heavy atom. The molecule has 3 heteroatoms. The highest BCUT2D eigenvalue weighted by Crippen LogP contribution is 2.54. The molecule has 0 aliphatic heterocycles. The molecule has 0 nitrogen and oxygen atoms in total. The predicted octanol–water partition coefficient (Wildman–Crippen LogP) is 3.62. The fraction of sp³-hybridized carbons (Fsp3) is 1.00. The Morgan fingerprint density at radius 2 is 1.75 bits per heavy atom. The predicted molar refractivity (Wildman–Crippen MR) is 43.2 cm³/mol. The lowest BCUT2D eigenvalue weighted by Crippen LogP contribution is -2.08. The van der Waals surface area contributed by atoms with Crippen LogP contribution < -0.4 is 0 Å². The molecule has 1 atom stereocenters. The van der Waals surface area contributed by atoms with E-state index in [9.17, 15) is 0 Å². The molecule has 0 aromatic carbocycles. The SMILES string of the molecule is CC(C)(C)P(Cl)CCl. The fourth-order valence-corrected chi connectivity index (χ4v) is 1.61. The van der Waals surface area contributed by atoms with Crippen molar-refractivity contribution in [2.24, 2.45) is 0 Å². The second-order valence-electron chi connectivity index (χ2n) is 2.65. The molecule has 8 heavy (non-hydrogen) atoms. The van der Waals surface area contributed by atoms with Crippen molar-refractivity contribution >= 4 is 30.1 Å². The highest BCUT2D eigenvalue weighted by Gasteiger charge is 2.20. The fourth-order valence-electron chi connectivity index (χ4n) is 0.179. The van der Waals surface area contributed by atoms with E-state index in [0.717, 1.165) is 0 Å². The summed E-state index contributed by atoms with van der Waals surface area (Å²) in [6, 6.07) is 0. The smallest absolute Gasteiger partial charge is 0.0568 e. The van der Waals surface area contributed by atoms with Crippen molar-refractivity contribution in [3.63, 3.8) is 0 Å². The van der Waals surface area contributed by atoms with Gasteiger partial charge in [-0.1, -0.05) is 32.0 Å². The molecule has 0 heterocycles. The monoisotopic (exact) mass is 172 g/mol. The van der Waals surface area contributed by atoms with Crippen LogP contribution in [0.3, 0.4) is 0 Å². The van der Waals surface area contributed by atoms with Gasteiger partial charge in [0.2, 0.25) is 0 Å². The molecule has 0 aliphatic rings. The van der Waals surface area contributed by atoms with Crippen molar-refractivity contribution in [2.45, 2.75) is 25.9 Å². The number of hydrogen-bond donors (Lipinski definition) is 0. The number of alkyl halides is 1. The Kier molecular flexibility index (Phi) is 3.66. The van der Waals surface area contributed by atoms with Gasteiger partial charge in [-0.2, -0.15) is 0 Å². The van der Waals surface area contributed by atoms with Crippen molar-refractivity contribution < 1.29 is 0 Å². The highest BCUT2D eigenvalue weighted by molar-refractivity contribution is 7.86. The van der Waals surface area contributed by atoms with Gasteiger partial charge in [-0.25, -0.2) is 0 Å². The molecular formula is C5H11Cl2P. The minimum absolute atomic E-state index is 0.207. The molecule has 0 fully saturated rings. The zero-order valence-electron chi connectivity index (χ0n) is 5.41. The molecule has 0 radical (unpaired) electrons. The minimum atomic E-state index is -0.482. The molecule has 0 spiro atoms. The van der Waals surface area contributed by atoms with E-state index in [1.165, 1.54) is 0 Å². The van der Waals surface area contributed by atoms with Crippen LogP contribution in [0.4, 0.5) is 0 Å². The van der Waals surface area contributed by atoms with Crippen LogP contribution in [0.25, 0.3) is 0 Å². The highest BCUT2D eigenvalue weighted by atomic mass is 35.7. The molecule has 0 bridgehead atoms. The zero-order valence-corrected chi connectivity index (χ0v) is 7.82. The van der Waals surface area contributed by atoms with Crippen LogP contribution >= 0.6 is 30.1 Å². The maximum absolute atomic E-state index is 5.87. The molecule has 0 amide bonds. The van der Waals surface area contributed by atoms with E-state index in [1.54, 1.807) is 0 Å². The quantitative estimate of drug-likeness (QED) is 0.419. The first-order valence-corrected chi connectivity index (χ1v) is 5.44. The van der Waals surface area contributed by atoms with E-state index in [2.05, 4.69) is 20.8 Å². The van der Waals surface area contributed by atoms with Crippen LogP contribution in [0.1, 0.15) is 20.8 Å². The summed E-state index contributed by atoms with van der Waals surface area (Å²) in [7, 11) is -0.482. The minimum Gasteiger partial charge on any atom is -0.120 e. The average molecular weight is 173 g/mol. The summed E-state index contributed by atoms with van der Waals surface area (Å²) in [6.07, 6.45) is 0. The third-order valence-electron chi connectivity index (χ3n) is 0.833. The van der Waals surface area contributed by atoms with Gasteiger partial charge in [0, 0.05) is 7.27 Å². The first-order valence-electron chi connectivity index (χ1n) is 2.48. The van der Waals surface area contributed by atoms with Crippen LogP contribution in [-0.2, 0) is 0 Å². The average Bonchev–Trinajstić information content (AvgIpc) is 1.62. The summed E-state index contributed by atoms with van der Waals surface area (Å²) in [5.74, 6) is 0. The van der Waals surface area contributed by atoms with Crippen LogP contribution in [0, 0.1) is 0 Å². The van der Waals surface area contributed by atoms with E-state index < -0.39 is 7.27 Å². The third kappa shape index (κ3) is 3.12. The van der Waals surface area contributed by atoms with E-state index in [4.69, 9.17) is 22.8 Å². The van der Waals surface area contributed by atoms with Crippen molar-refractivity contribution in [1.29, 1.82) is 0 Å². The summed E-state index contributed by atoms with van der Waals surface area (Å²) < 4.78 is 0. The van der Waals surface area contributed by atoms with Gasteiger partial charge in [-0.3, -0.25) is 0 Å². The molecule has 0 saturated heterocycles. The van der Waals surface area contributed by atoms with Gasteiger partial charge in [0.15, 0.2) is 0 Å². The van der Waals surface area contributed by atoms with Crippen molar-refractivity contribution in [3.05, 3.63) is 0 Å². The molecule has 0 N–H and O–H groups in total. The van der Waals surface area contributed by atoms with Crippen LogP contribution in [0.5, 0.6) is 0 Å². The Hall–Kier alpha value is 1.01. The summed E-state index contributed by atoms with van der Waals surface area (Å²) in [6.45, 7) is 6.32. The van der Waals surface area contributed by atoms with Crippen molar-refractivity contribution in [1.82, 2.24) is 0 Å². The molecule has 0 aromatic rings. The van der Waals surface area contributed by atoms with Gasteiger partial charge in [-0.05, 0) is 5.16 Å². The Morgan fingerprint density at radius 1 is 1.38 bits per heavy atom. The maximum Gasteiger partial charge on any atom is 0.0568 e. The van der Waals surface area contributed by atoms with E-state index in [-0.39, 0.29) is 5.16 Å². The van der Waals surface area contributed by atoms with Gasteiger partial charge in [0.25, 0.3) is 0 Å². The Labute approximate surface area is 62.1 Å². The number of halogens is 2. The third-order valence-corrected chi connectivity index (χ3v) is 5.46. The van der Waals surface area contributed by atoms with Crippen molar-refractivity contribution in [3.8, 4) is 0 Å². The summed E-state index contributed by atoms with van der Waals surface area (Å²) in [4.78, 5) is 0. The molecular weight excluding hydrogens is 162 g/mol. The maximum atomic E-state index is 5.87. The first-order chi connectivity index (χ1) is 3.48. The van der Waals surface area contributed by atoms with E-state index in [1.807, 2.05) is 0 Å². The van der Waals surface area contributed by atoms with Gasteiger partial charge in [0.05, 0.1) is 5.62 Å². The number of hydrogen-bond acceptors (Lipinski definition) is 0. The largest absolute Gasteiger partial charge is 0.120 e. The molecule has 0 aromatic heterocycles. The molecule has 1 unspecified atom stereocenters. The summed E-state index contributed by atoms with van der Waals surface area (Å²) >= 11 is 11.4.